The van der Waals surface area contributed by atoms with E-state index in [0.717, 1.165) is 28.3 Å². The Morgan fingerprint density at radius 3 is 2.21 bits per heavy atom. The number of methoxy groups -OCH3 is 3. The van der Waals surface area contributed by atoms with E-state index in [1.165, 1.54) is 5.69 Å². The quantitative estimate of drug-likeness (QED) is 0.315. The minimum Gasteiger partial charge on any atom is -0.496 e. The fraction of sp³-hybridized carbons (Fsp3) is 0.421. The lowest BCUT2D eigenvalue weighted by Gasteiger charge is -2.23. The van der Waals surface area contributed by atoms with Crippen molar-refractivity contribution in [3.8, 4) is 17.2 Å². The van der Waals surface area contributed by atoms with E-state index < -0.39 is 0 Å². The molecule has 0 saturated carbocycles. The number of aryl methyl sites for hydroxylation is 1. The molecule has 0 spiro atoms. The molecule has 28 heavy (non-hydrogen) atoms. The third-order valence-corrected chi connectivity index (χ3v) is 4.70. The van der Waals surface area contributed by atoms with Crippen molar-refractivity contribution in [1.82, 2.24) is 14.8 Å². The fourth-order valence-electron chi connectivity index (χ4n) is 2.83. The maximum atomic E-state index is 5.49. The van der Waals surface area contributed by atoms with Crippen molar-refractivity contribution in [1.29, 1.82) is 0 Å². The van der Waals surface area contributed by atoms with Gasteiger partial charge in [0.1, 0.15) is 5.75 Å². The first-order valence-electron chi connectivity index (χ1n) is 8.44. The summed E-state index contributed by atoms with van der Waals surface area (Å²) in [5.41, 5.74) is 2.13. The van der Waals surface area contributed by atoms with Gasteiger partial charge in [0.2, 0.25) is 0 Å². The first-order valence-corrected chi connectivity index (χ1v) is 9.24. The summed E-state index contributed by atoms with van der Waals surface area (Å²) in [6.45, 7) is 1.27. The van der Waals surface area contributed by atoms with Gasteiger partial charge in [-0.25, -0.2) is 0 Å². The van der Waals surface area contributed by atoms with Crippen LogP contribution in [0.2, 0.25) is 0 Å². The molecule has 1 aromatic heterocycles. The van der Waals surface area contributed by atoms with Crippen LogP contribution in [0.5, 0.6) is 17.2 Å². The Kier molecular flexibility index (Phi) is 9.94. The first-order chi connectivity index (χ1) is 12.9. The first kappa shape index (κ1) is 24.4. The van der Waals surface area contributed by atoms with Gasteiger partial charge in [-0.2, -0.15) is 0 Å². The van der Waals surface area contributed by atoms with Crippen LogP contribution in [0.25, 0.3) is 0 Å². The second kappa shape index (κ2) is 11.4. The number of rotatable bonds is 7. The Morgan fingerprint density at radius 1 is 1.11 bits per heavy atom. The number of benzene rings is 1. The average molecular weight is 567 g/mol. The van der Waals surface area contributed by atoms with Crippen molar-refractivity contribution < 1.29 is 14.2 Å². The molecule has 1 heterocycles. The molecule has 0 fully saturated rings. The van der Waals surface area contributed by atoms with Crippen molar-refractivity contribution in [3.05, 3.63) is 40.1 Å². The lowest BCUT2D eigenvalue weighted by Crippen LogP contribution is -2.38. The molecule has 2 aromatic rings. The van der Waals surface area contributed by atoms with E-state index in [4.69, 9.17) is 14.2 Å². The fourth-order valence-corrected chi connectivity index (χ4v) is 3.40. The Morgan fingerprint density at radius 2 is 1.71 bits per heavy atom. The van der Waals surface area contributed by atoms with Crippen LogP contribution in [0, 0.1) is 0 Å². The number of nitrogens with one attached hydrogen (secondary N) is 1. The van der Waals surface area contributed by atoms with Crippen LogP contribution in [-0.2, 0) is 20.1 Å². The number of hydrogen-bond donors (Lipinski definition) is 1. The predicted molar refractivity (Wildman–Crippen MR) is 126 cm³/mol. The molecule has 0 amide bonds. The van der Waals surface area contributed by atoms with Crippen molar-refractivity contribution in [2.75, 3.05) is 35.4 Å². The van der Waals surface area contributed by atoms with Crippen LogP contribution in [0.15, 0.2) is 33.9 Å². The zero-order chi connectivity index (χ0) is 20.0. The van der Waals surface area contributed by atoms with Gasteiger partial charge in [-0.1, -0.05) is 0 Å². The number of guanidine groups is 1. The third kappa shape index (κ3) is 5.94. The summed E-state index contributed by atoms with van der Waals surface area (Å²) < 4.78 is 19.4. The highest BCUT2D eigenvalue weighted by Gasteiger charge is 2.14. The summed E-state index contributed by atoms with van der Waals surface area (Å²) in [6, 6.07) is 5.83. The third-order valence-electron chi connectivity index (χ3n) is 4.27. The molecule has 7 nitrogen and oxygen atoms in total. The monoisotopic (exact) mass is 566 g/mol. The van der Waals surface area contributed by atoms with Crippen LogP contribution >= 0.6 is 39.9 Å². The highest BCUT2D eigenvalue weighted by atomic mass is 127. The number of aliphatic imine (C=N–C) groups is 1. The largest absolute Gasteiger partial charge is 0.496 e. The van der Waals surface area contributed by atoms with E-state index in [-0.39, 0.29) is 24.0 Å². The van der Waals surface area contributed by atoms with Gasteiger partial charge in [-0.05, 0) is 28.1 Å². The number of nitrogens with zero attached hydrogens (tertiary/aromatic N) is 3. The SMILES string of the molecule is CN=C(NCc1cc(OC)c(OC)cc1OC)N(C)Cc1cc(Br)cn1C.I. The van der Waals surface area contributed by atoms with Crippen molar-refractivity contribution in [2.24, 2.45) is 12.0 Å². The molecule has 2 rings (SSSR count). The van der Waals surface area contributed by atoms with Crippen LogP contribution in [-0.4, -0.2) is 50.9 Å². The van der Waals surface area contributed by atoms with Crippen LogP contribution in [0.3, 0.4) is 0 Å². The maximum Gasteiger partial charge on any atom is 0.194 e. The summed E-state index contributed by atoms with van der Waals surface area (Å²) in [5.74, 6) is 2.80. The number of halogens is 2. The second-order valence-electron chi connectivity index (χ2n) is 6.04. The summed E-state index contributed by atoms with van der Waals surface area (Å²) in [7, 11) is 10.7. The standard InChI is InChI=1S/C19H27BrN4O3.HI/c1-21-19(24(3)12-15-8-14(20)11-23(15)2)22-10-13-7-17(26-5)18(27-6)9-16(13)25-4;/h7-9,11H,10,12H2,1-6H3,(H,21,22);1H. The van der Waals surface area contributed by atoms with Crippen molar-refractivity contribution in [3.63, 3.8) is 0 Å². The molecule has 9 heteroatoms. The lowest BCUT2D eigenvalue weighted by molar-refractivity contribution is 0.347. The van der Waals surface area contributed by atoms with Gasteiger partial charge in [0.05, 0.1) is 27.9 Å². The molecule has 0 aliphatic heterocycles. The summed E-state index contributed by atoms with van der Waals surface area (Å²) in [4.78, 5) is 6.45. The van der Waals surface area contributed by atoms with Gasteiger partial charge in [-0.15, -0.1) is 24.0 Å². The van der Waals surface area contributed by atoms with E-state index in [1.54, 1.807) is 28.4 Å². The van der Waals surface area contributed by atoms with Crippen LogP contribution in [0.1, 0.15) is 11.3 Å². The molecule has 0 aliphatic carbocycles. The summed E-state index contributed by atoms with van der Waals surface area (Å²) in [6.07, 6.45) is 2.04. The van der Waals surface area contributed by atoms with E-state index in [9.17, 15) is 0 Å². The van der Waals surface area contributed by atoms with Gasteiger partial charge in [0.25, 0.3) is 0 Å². The highest BCUT2D eigenvalue weighted by molar-refractivity contribution is 14.0. The maximum absolute atomic E-state index is 5.49. The van der Waals surface area contributed by atoms with Gasteiger partial charge >= 0.3 is 0 Å². The van der Waals surface area contributed by atoms with Gasteiger partial charge in [0, 0.05) is 55.7 Å². The van der Waals surface area contributed by atoms with E-state index in [1.807, 2.05) is 32.4 Å². The summed E-state index contributed by atoms with van der Waals surface area (Å²) >= 11 is 3.51. The predicted octanol–water partition coefficient (Wildman–Crippen LogP) is 3.64. The molecule has 0 unspecified atom stereocenters. The molecule has 0 saturated heterocycles. The van der Waals surface area contributed by atoms with Crippen LogP contribution < -0.4 is 19.5 Å². The zero-order valence-electron chi connectivity index (χ0n) is 17.1. The minimum atomic E-state index is 0. The Labute approximate surface area is 192 Å². The zero-order valence-corrected chi connectivity index (χ0v) is 21.0. The van der Waals surface area contributed by atoms with Gasteiger partial charge in [-0.3, -0.25) is 4.99 Å². The number of hydrogen-bond acceptors (Lipinski definition) is 4. The minimum absolute atomic E-state index is 0. The molecule has 1 N–H and O–H groups in total. The lowest BCUT2D eigenvalue weighted by atomic mass is 10.1. The topological polar surface area (TPSA) is 60.3 Å². The van der Waals surface area contributed by atoms with E-state index in [2.05, 4.69) is 41.8 Å². The molecular formula is C19H28BrIN4O3. The number of ether oxygens (including phenoxy) is 3. The molecule has 1 aromatic carbocycles. The molecule has 0 radical (unpaired) electrons. The smallest absolute Gasteiger partial charge is 0.194 e. The van der Waals surface area contributed by atoms with Gasteiger partial charge < -0.3 is 29.0 Å². The average Bonchev–Trinajstić information content (AvgIpc) is 2.98. The second-order valence-corrected chi connectivity index (χ2v) is 6.95. The van der Waals surface area contributed by atoms with Crippen molar-refractivity contribution >= 4 is 45.9 Å². The van der Waals surface area contributed by atoms with Gasteiger partial charge in [0.15, 0.2) is 17.5 Å². The molecule has 0 atom stereocenters. The molecule has 0 aliphatic rings. The molecular weight excluding hydrogens is 539 g/mol. The number of aromatic nitrogens is 1. The molecule has 0 bridgehead atoms. The molecule has 156 valence electrons. The van der Waals surface area contributed by atoms with E-state index in [0.29, 0.717) is 18.0 Å². The summed E-state index contributed by atoms with van der Waals surface area (Å²) in [5, 5.41) is 3.37. The van der Waals surface area contributed by atoms with Crippen LogP contribution in [0.4, 0.5) is 0 Å². The highest BCUT2D eigenvalue weighted by Crippen LogP contribution is 2.34. The Bertz CT molecular complexity index is 811. The van der Waals surface area contributed by atoms with E-state index >= 15 is 0 Å². The normalized spacial score (nSPS) is 10.9. The Balaban J connectivity index is 0.00000392. The van der Waals surface area contributed by atoms with Crippen molar-refractivity contribution in [2.45, 2.75) is 13.1 Å². The Hall–Kier alpha value is -1.62.